The van der Waals surface area contributed by atoms with Crippen LogP contribution in [0, 0.1) is 0 Å². The Hall–Kier alpha value is -0.770. The van der Waals surface area contributed by atoms with Gasteiger partial charge in [0.1, 0.15) is 0 Å². The zero-order chi connectivity index (χ0) is 12.8. The molecule has 17 heavy (non-hydrogen) atoms. The van der Waals surface area contributed by atoms with Gasteiger partial charge in [-0.05, 0) is 31.0 Å². The molecule has 0 spiro atoms. The number of nitrogens with one attached hydrogen (secondary N) is 1. The summed E-state index contributed by atoms with van der Waals surface area (Å²) in [6.07, 6.45) is 0.895. The Morgan fingerprint density at radius 3 is 2.76 bits per heavy atom. The summed E-state index contributed by atoms with van der Waals surface area (Å²) in [4.78, 5) is 11.5. The van der Waals surface area contributed by atoms with Gasteiger partial charge in [-0.3, -0.25) is 4.79 Å². The third kappa shape index (κ3) is 4.94. The van der Waals surface area contributed by atoms with Crippen LogP contribution in [0.2, 0.25) is 10.0 Å². The Kier molecular flexibility index (Phi) is 5.75. The molecule has 1 rings (SSSR count). The molecule has 5 heteroatoms. The monoisotopic (exact) mass is 275 g/mol. The molecule has 1 aromatic carbocycles. The minimum Gasteiger partial charge on any atom is -0.394 e. The number of aryl methyl sites for hydroxylation is 1. The molecule has 2 N–H and O–H groups in total. The Bertz CT molecular complexity index is 396. The molecule has 1 aromatic rings. The molecule has 0 aliphatic carbocycles. The van der Waals surface area contributed by atoms with E-state index in [9.17, 15) is 4.79 Å². The van der Waals surface area contributed by atoms with Gasteiger partial charge in [0.15, 0.2) is 0 Å². The second-order valence-electron chi connectivity index (χ2n) is 3.89. The number of aliphatic hydroxyl groups excluding tert-OH is 1. The fourth-order valence-corrected chi connectivity index (χ4v) is 1.87. The Labute approximate surface area is 111 Å². The molecule has 0 heterocycles. The van der Waals surface area contributed by atoms with E-state index in [-0.39, 0.29) is 18.6 Å². The van der Waals surface area contributed by atoms with Crippen LogP contribution in [0.5, 0.6) is 0 Å². The third-order valence-electron chi connectivity index (χ3n) is 2.32. The average Bonchev–Trinajstić information content (AvgIpc) is 2.27. The molecule has 0 fully saturated rings. The Morgan fingerprint density at radius 2 is 2.18 bits per heavy atom. The van der Waals surface area contributed by atoms with Gasteiger partial charge < -0.3 is 10.4 Å². The quantitative estimate of drug-likeness (QED) is 0.867. The van der Waals surface area contributed by atoms with Crippen molar-refractivity contribution in [3.05, 3.63) is 33.8 Å². The fraction of sp³-hybridized carbons (Fsp3) is 0.417. The molecule has 0 aromatic heterocycles. The van der Waals surface area contributed by atoms with Crippen molar-refractivity contribution in [2.45, 2.75) is 25.8 Å². The van der Waals surface area contributed by atoms with Crippen molar-refractivity contribution in [3.8, 4) is 0 Å². The minimum atomic E-state index is -0.219. The smallest absolute Gasteiger partial charge is 0.220 e. The van der Waals surface area contributed by atoms with E-state index in [4.69, 9.17) is 28.3 Å². The molecule has 1 unspecified atom stereocenters. The maximum atomic E-state index is 11.5. The third-order valence-corrected chi connectivity index (χ3v) is 2.90. The molecule has 0 aliphatic heterocycles. The first-order valence-electron chi connectivity index (χ1n) is 5.37. The lowest BCUT2D eigenvalue weighted by Gasteiger charge is -2.11. The lowest BCUT2D eigenvalue weighted by atomic mass is 10.1. The van der Waals surface area contributed by atoms with Crippen molar-refractivity contribution in [2.24, 2.45) is 0 Å². The number of carbonyl (C=O) groups is 1. The van der Waals surface area contributed by atoms with Crippen molar-refractivity contribution in [2.75, 3.05) is 6.61 Å². The van der Waals surface area contributed by atoms with Crippen molar-refractivity contribution in [1.82, 2.24) is 5.32 Å². The number of amides is 1. The number of carbonyl (C=O) groups excluding carboxylic acids is 1. The Balaban J connectivity index is 2.47. The predicted octanol–water partition coefficient (Wildman–Crippen LogP) is 2.42. The van der Waals surface area contributed by atoms with Crippen LogP contribution in [0.4, 0.5) is 0 Å². The van der Waals surface area contributed by atoms with E-state index in [0.29, 0.717) is 22.9 Å². The topological polar surface area (TPSA) is 49.3 Å². The van der Waals surface area contributed by atoms with Crippen LogP contribution >= 0.6 is 23.2 Å². The zero-order valence-electron chi connectivity index (χ0n) is 9.54. The van der Waals surface area contributed by atoms with E-state index in [0.717, 1.165) is 5.56 Å². The van der Waals surface area contributed by atoms with E-state index in [1.54, 1.807) is 19.1 Å². The fourth-order valence-electron chi connectivity index (χ4n) is 1.37. The molecule has 1 atom stereocenters. The first-order valence-corrected chi connectivity index (χ1v) is 6.12. The van der Waals surface area contributed by atoms with Gasteiger partial charge in [-0.2, -0.15) is 0 Å². The van der Waals surface area contributed by atoms with Crippen LogP contribution in [0.25, 0.3) is 0 Å². The van der Waals surface area contributed by atoms with Crippen molar-refractivity contribution < 1.29 is 9.90 Å². The summed E-state index contributed by atoms with van der Waals surface area (Å²) >= 11 is 11.8. The number of hydrogen-bond donors (Lipinski definition) is 2. The van der Waals surface area contributed by atoms with Gasteiger partial charge in [-0.25, -0.2) is 0 Å². The summed E-state index contributed by atoms with van der Waals surface area (Å²) in [7, 11) is 0. The molecule has 94 valence electrons. The van der Waals surface area contributed by atoms with E-state index in [2.05, 4.69) is 5.32 Å². The maximum Gasteiger partial charge on any atom is 0.220 e. The standard InChI is InChI=1S/C12H15Cl2NO2/c1-8(7-16)15-12(17)5-3-9-2-4-10(13)6-11(9)14/h2,4,6,8,16H,3,5,7H2,1H3,(H,15,17). The molecule has 1 amide bonds. The summed E-state index contributed by atoms with van der Waals surface area (Å²) in [5.74, 6) is -0.0995. The largest absolute Gasteiger partial charge is 0.394 e. The summed E-state index contributed by atoms with van der Waals surface area (Å²) in [6.45, 7) is 1.68. The molecule has 3 nitrogen and oxygen atoms in total. The van der Waals surface area contributed by atoms with E-state index in [1.807, 2.05) is 6.07 Å². The van der Waals surface area contributed by atoms with Crippen molar-refractivity contribution in [3.63, 3.8) is 0 Å². The zero-order valence-corrected chi connectivity index (χ0v) is 11.1. The van der Waals surface area contributed by atoms with Crippen LogP contribution in [-0.4, -0.2) is 23.7 Å². The number of halogens is 2. The average molecular weight is 276 g/mol. The van der Waals surface area contributed by atoms with Crippen LogP contribution < -0.4 is 5.32 Å². The molecule has 0 bridgehead atoms. The SMILES string of the molecule is CC(CO)NC(=O)CCc1ccc(Cl)cc1Cl. The van der Waals surface area contributed by atoms with E-state index in [1.165, 1.54) is 0 Å². The second kappa shape index (κ2) is 6.84. The van der Waals surface area contributed by atoms with Crippen LogP contribution in [-0.2, 0) is 11.2 Å². The van der Waals surface area contributed by atoms with Gasteiger partial charge in [0.05, 0.1) is 6.61 Å². The summed E-state index contributed by atoms with van der Waals surface area (Å²) < 4.78 is 0. The highest BCUT2D eigenvalue weighted by Gasteiger charge is 2.08. The highest BCUT2D eigenvalue weighted by Crippen LogP contribution is 2.21. The normalized spacial score (nSPS) is 12.2. The first kappa shape index (κ1) is 14.3. The van der Waals surface area contributed by atoms with Gasteiger partial charge in [0, 0.05) is 22.5 Å². The van der Waals surface area contributed by atoms with Crippen molar-refractivity contribution in [1.29, 1.82) is 0 Å². The first-order chi connectivity index (χ1) is 8.02. The summed E-state index contributed by atoms with van der Waals surface area (Å²) in [5, 5.41) is 12.6. The highest BCUT2D eigenvalue weighted by molar-refractivity contribution is 6.35. The number of benzene rings is 1. The van der Waals surface area contributed by atoms with Gasteiger partial charge in [-0.15, -0.1) is 0 Å². The van der Waals surface area contributed by atoms with Gasteiger partial charge in [-0.1, -0.05) is 29.3 Å². The summed E-state index contributed by atoms with van der Waals surface area (Å²) in [6, 6.07) is 5.00. The second-order valence-corrected chi connectivity index (χ2v) is 4.73. The lowest BCUT2D eigenvalue weighted by Crippen LogP contribution is -2.35. The van der Waals surface area contributed by atoms with Gasteiger partial charge >= 0.3 is 0 Å². The van der Waals surface area contributed by atoms with Gasteiger partial charge in [0.2, 0.25) is 5.91 Å². The molecule has 0 radical (unpaired) electrons. The van der Waals surface area contributed by atoms with E-state index >= 15 is 0 Å². The van der Waals surface area contributed by atoms with Crippen LogP contribution in [0.15, 0.2) is 18.2 Å². The molecule has 0 aliphatic rings. The van der Waals surface area contributed by atoms with E-state index < -0.39 is 0 Å². The molecule has 0 saturated heterocycles. The number of rotatable bonds is 5. The maximum absolute atomic E-state index is 11.5. The van der Waals surface area contributed by atoms with Gasteiger partial charge in [0.25, 0.3) is 0 Å². The molecular weight excluding hydrogens is 261 g/mol. The summed E-state index contributed by atoms with van der Waals surface area (Å²) in [5.41, 5.74) is 0.892. The van der Waals surface area contributed by atoms with Crippen molar-refractivity contribution >= 4 is 29.1 Å². The van der Waals surface area contributed by atoms with Crippen LogP contribution in [0.1, 0.15) is 18.9 Å². The lowest BCUT2D eigenvalue weighted by molar-refractivity contribution is -0.121. The Morgan fingerprint density at radius 1 is 1.47 bits per heavy atom. The van der Waals surface area contributed by atoms with Crippen LogP contribution in [0.3, 0.4) is 0 Å². The number of hydrogen-bond acceptors (Lipinski definition) is 2. The predicted molar refractivity (Wildman–Crippen MR) is 69.5 cm³/mol. The highest BCUT2D eigenvalue weighted by atomic mass is 35.5. The molecular formula is C12H15Cl2NO2. The molecule has 0 saturated carbocycles. The minimum absolute atomic E-state index is 0.0621. The number of aliphatic hydroxyl groups is 1.